The quantitative estimate of drug-likeness (QED) is 0.439. The van der Waals surface area contributed by atoms with Crippen LogP contribution >= 0.6 is 0 Å². The van der Waals surface area contributed by atoms with Gasteiger partial charge in [-0.15, -0.1) is 0 Å². The van der Waals surface area contributed by atoms with Crippen molar-refractivity contribution in [1.29, 1.82) is 0 Å². The molecular formula is C25H24N2O. The predicted molar refractivity (Wildman–Crippen MR) is 115 cm³/mol. The minimum absolute atomic E-state index is 0.780. The van der Waals surface area contributed by atoms with E-state index in [2.05, 4.69) is 73.0 Å². The smallest absolute Gasteiger partial charge is 0.140 e. The zero-order valence-corrected chi connectivity index (χ0v) is 16.5. The molecule has 3 nitrogen and oxygen atoms in total. The summed E-state index contributed by atoms with van der Waals surface area (Å²) in [6, 6.07) is 23.2. The minimum atomic E-state index is 0.780. The fourth-order valence-electron chi connectivity index (χ4n) is 3.48. The van der Waals surface area contributed by atoms with Gasteiger partial charge in [-0.25, -0.2) is 4.98 Å². The van der Waals surface area contributed by atoms with E-state index in [0.717, 1.165) is 29.2 Å². The Balaban J connectivity index is 1.79. The van der Waals surface area contributed by atoms with Crippen LogP contribution in [-0.2, 0) is 6.54 Å². The molecule has 1 aromatic heterocycles. The van der Waals surface area contributed by atoms with Gasteiger partial charge in [0.05, 0.1) is 7.11 Å². The average Bonchev–Trinajstić information content (AvgIpc) is 3.19. The van der Waals surface area contributed by atoms with Crippen molar-refractivity contribution in [2.24, 2.45) is 0 Å². The van der Waals surface area contributed by atoms with Crippen LogP contribution in [0.4, 0.5) is 0 Å². The van der Waals surface area contributed by atoms with Crippen molar-refractivity contribution in [3.05, 3.63) is 95.8 Å². The third-order valence-electron chi connectivity index (χ3n) is 5.19. The Morgan fingerprint density at radius 2 is 1.68 bits per heavy atom. The van der Waals surface area contributed by atoms with Crippen LogP contribution in [0.1, 0.15) is 16.7 Å². The highest BCUT2D eigenvalue weighted by Crippen LogP contribution is 2.34. The molecule has 0 spiro atoms. The van der Waals surface area contributed by atoms with E-state index >= 15 is 0 Å². The fourth-order valence-corrected chi connectivity index (χ4v) is 3.48. The van der Waals surface area contributed by atoms with Gasteiger partial charge in [-0.05, 0) is 59.9 Å². The third kappa shape index (κ3) is 3.56. The summed E-state index contributed by atoms with van der Waals surface area (Å²) >= 11 is 0. The number of hydrogen-bond donors (Lipinski definition) is 0. The minimum Gasteiger partial charge on any atom is -0.497 e. The largest absolute Gasteiger partial charge is 0.497 e. The molecule has 0 saturated heterocycles. The zero-order valence-electron chi connectivity index (χ0n) is 16.5. The summed E-state index contributed by atoms with van der Waals surface area (Å²) in [5.74, 6) is 1.77. The molecule has 0 bridgehead atoms. The summed E-state index contributed by atoms with van der Waals surface area (Å²) in [6.45, 7) is 5.08. The van der Waals surface area contributed by atoms with E-state index in [-0.39, 0.29) is 0 Å². The lowest BCUT2D eigenvalue weighted by molar-refractivity contribution is 0.415. The molecule has 140 valence electrons. The average molecular weight is 368 g/mol. The molecule has 0 atom stereocenters. The van der Waals surface area contributed by atoms with Crippen LogP contribution in [0.5, 0.6) is 5.75 Å². The van der Waals surface area contributed by atoms with Gasteiger partial charge in [0.2, 0.25) is 0 Å². The Bertz CT molecular complexity index is 1100. The lowest BCUT2D eigenvalue weighted by atomic mass is 9.98. The molecule has 0 aliphatic carbocycles. The van der Waals surface area contributed by atoms with E-state index in [1.165, 1.54) is 22.3 Å². The zero-order chi connectivity index (χ0) is 19.5. The number of nitrogens with zero attached hydrogens (tertiary/aromatic N) is 2. The van der Waals surface area contributed by atoms with Gasteiger partial charge in [0.25, 0.3) is 0 Å². The van der Waals surface area contributed by atoms with Gasteiger partial charge in [0, 0.05) is 24.5 Å². The van der Waals surface area contributed by atoms with Crippen LogP contribution in [-0.4, -0.2) is 16.7 Å². The molecule has 0 saturated carbocycles. The second-order valence-corrected chi connectivity index (χ2v) is 7.07. The number of aryl methyl sites for hydroxylation is 2. The molecule has 0 fully saturated rings. The van der Waals surface area contributed by atoms with Crippen LogP contribution < -0.4 is 4.74 Å². The standard InChI is InChI=1S/C25H24N2O/c1-18-9-10-20(15-19(18)2)17-27-14-13-26-25(27)24-16-22(28-3)11-12-23(24)21-7-5-4-6-8-21/h4-16H,17H2,1-3H3. The molecule has 1 heterocycles. The van der Waals surface area contributed by atoms with Gasteiger partial charge in [0.15, 0.2) is 0 Å². The molecule has 0 aliphatic rings. The summed E-state index contributed by atoms with van der Waals surface area (Å²) in [5.41, 5.74) is 7.28. The van der Waals surface area contributed by atoms with Crippen molar-refractivity contribution in [2.45, 2.75) is 20.4 Å². The second-order valence-electron chi connectivity index (χ2n) is 7.07. The van der Waals surface area contributed by atoms with Crippen LogP contribution in [0.15, 0.2) is 79.1 Å². The lowest BCUT2D eigenvalue weighted by Crippen LogP contribution is -2.03. The van der Waals surface area contributed by atoms with E-state index in [9.17, 15) is 0 Å². The second kappa shape index (κ2) is 7.73. The summed E-state index contributed by atoms with van der Waals surface area (Å²) < 4.78 is 7.69. The van der Waals surface area contributed by atoms with E-state index < -0.39 is 0 Å². The van der Waals surface area contributed by atoms with Gasteiger partial charge in [-0.3, -0.25) is 0 Å². The molecule has 4 rings (SSSR count). The summed E-state index contributed by atoms with van der Waals surface area (Å²) in [7, 11) is 1.70. The monoisotopic (exact) mass is 368 g/mol. The number of aromatic nitrogens is 2. The topological polar surface area (TPSA) is 27.1 Å². The lowest BCUT2D eigenvalue weighted by Gasteiger charge is -2.14. The highest BCUT2D eigenvalue weighted by atomic mass is 16.5. The van der Waals surface area contributed by atoms with Crippen molar-refractivity contribution >= 4 is 0 Å². The van der Waals surface area contributed by atoms with E-state index in [4.69, 9.17) is 9.72 Å². The number of methoxy groups -OCH3 is 1. The molecule has 28 heavy (non-hydrogen) atoms. The first-order valence-corrected chi connectivity index (χ1v) is 9.47. The maximum Gasteiger partial charge on any atom is 0.140 e. The normalized spacial score (nSPS) is 10.8. The van der Waals surface area contributed by atoms with Crippen LogP contribution in [0.3, 0.4) is 0 Å². The number of hydrogen-bond acceptors (Lipinski definition) is 2. The maximum absolute atomic E-state index is 5.49. The summed E-state index contributed by atoms with van der Waals surface area (Å²) in [4.78, 5) is 4.69. The van der Waals surface area contributed by atoms with Crippen molar-refractivity contribution in [3.8, 4) is 28.3 Å². The molecule has 0 aliphatic heterocycles. The van der Waals surface area contributed by atoms with Crippen molar-refractivity contribution in [1.82, 2.24) is 9.55 Å². The summed E-state index contributed by atoms with van der Waals surface area (Å²) in [6.07, 6.45) is 3.91. The van der Waals surface area contributed by atoms with Gasteiger partial charge in [-0.1, -0.05) is 48.5 Å². The van der Waals surface area contributed by atoms with Gasteiger partial charge >= 0.3 is 0 Å². The first kappa shape index (κ1) is 18.1. The van der Waals surface area contributed by atoms with E-state index in [1.807, 2.05) is 24.5 Å². The molecule has 3 aromatic carbocycles. The number of ether oxygens (including phenoxy) is 1. The molecular weight excluding hydrogens is 344 g/mol. The molecule has 0 unspecified atom stereocenters. The number of benzene rings is 3. The molecule has 3 heteroatoms. The van der Waals surface area contributed by atoms with Crippen molar-refractivity contribution < 1.29 is 4.74 Å². The SMILES string of the molecule is COc1ccc(-c2ccccc2)c(-c2nccn2Cc2ccc(C)c(C)c2)c1. The Morgan fingerprint density at radius 1 is 0.857 bits per heavy atom. The Labute approximate surface area is 166 Å². The van der Waals surface area contributed by atoms with E-state index in [0.29, 0.717) is 0 Å². The Hall–Kier alpha value is -3.33. The molecule has 0 amide bonds. The first-order valence-electron chi connectivity index (χ1n) is 9.47. The number of imidazole rings is 1. The van der Waals surface area contributed by atoms with Crippen molar-refractivity contribution in [3.63, 3.8) is 0 Å². The highest BCUT2D eigenvalue weighted by Gasteiger charge is 2.14. The number of rotatable bonds is 5. The Morgan fingerprint density at radius 3 is 2.43 bits per heavy atom. The van der Waals surface area contributed by atoms with Crippen molar-refractivity contribution in [2.75, 3.05) is 7.11 Å². The molecule has 0 radical (unpaired) electrons. The van der Waals surface area contributed by atoms with Gasteiger partial charge in [0.1, 0.15) is 11.6 Å². The fraction of sp³-hybridized carbons (Fsp3) is 0.160. The third-order valence-corrected chi connectivity index (χ3v) is 5.19. The summed E-state index contributed by atoms with van der Waals surface area (Å²) in [5, 5.41) is 0. The first-order chi connectivity index (χ1) is 13.7. The van der Waals surface area contributed by atoms with Crippen LogP contribution in [0.2, 0.25) is 0 Å². The van der Waals surface area contributed by atoms with Crippen LogP contribution in [0, 0.1) is 13.8 Å². The molecule has 0 N–H and O–H groups in total. The van der Waals surface area contributed by atoms with Gasteiger partial charge in [-0.2, -0.15) is 0 Å². The highest BCUT2D eigenvalue weighted by molar-refractivity contribution is 5.81. The molecule has 4 aromatic rings. The van der Waals surface area contributed by atoms with Gasteiger partial charge < -0.3 is 9.30 Å². The Kier molecular flexibility index (Phi) is 4.98. The maximum atomic E-state index is 5.49. The van der Waals surface area contributed by atoms with Crippen LogP contribution in [0.25, 0.3) is 22.5 Å². The predicted octanol–water partition coefficient (Wildman–Crippen LogP) is 5.89. The van der Waals surface area contributed by atoms with E-state index in [1.54, 1.807) is 7.11 Å².